The molecule has 1 aliphatic carbocycles. The Labute approximate surface area is 111 Å². The average Bonchev–Trinajstić information content (AvgIpc) is 2.84. The molecular weight excluding hydrogens is 222 g/mol. The van der Waals surface area contributed by atoms with Gasteiger partial charge in [-0.1, -0.05) is 18.9 Å². The van der Waals surface area contributed by atoms with Gasteiger partial charge in [0.05, 0.1) is 0 Å². The van der Waals surface area contributed by atoms with Gasteiger partial charge in [-0.15, -0.1) is 0 Å². The topological polar surface area (TPSA) is 21.3 Å². The van der Waals surface area contributed by atoms with Crippen molar-refractivity contribution < 1.29 is 4.74 Å². The lowest BCUT2D eigenvalue weighted by molar-refractivity contribution is 0.303. The highest BCUT2D eigenvalue weighted by atomic mass is 16.5. The molecule has 100 valence electrons. The van der Waals surface area contributed by atoms with E-state index in [2.05, 4.69) is 38.2 Å². The van der Waals surface area contributed by atoms with Crippen molar-refractivity contribution in [3.8, 4) is 5.75 Å². The molecule has 0 heterocycles. The third-order valence-electron chi connectivity index (χ3n) is 3.94. The summed E-state index contributed by atoms with van der Waals surface area (Å²) in [6.45, 7) is 8.12. The number of hydrogen-bond donors (Lipinski definition) is 1. The van der Waals surface area contributed by atoms with Gasteiger partial charge in [-0.25, -0.2) is 0 Å². The van der Waals surface area contributed by atoms with Crippen LogP contribution in [0.15, 0.2) is 12.1 Å². The fraction of sp³-hybridized carbons (Fsp3) is 0.625. The highest BCUT2D eigenvalue weighted by Gasteiger charge is 2.13. The van der Waals surface area contributed by atoms with E-state index in [0.717, 1.165) is 24.9 Å². The maximum Gasteiger partial charge on any atom is 0.122 e. The van der Waals surface area contributed by atoms with Crippen LogP contribution in [0.5, 0.6) is 5.75 Å². The predicted octanol–water partition coefficient (Wildman–Crippen LogP) is 3.52. The Hall–Kier alpha value is -1.02. The quantitative estimate of drug-likeness (QED) is 0.804. The molecule has 0 aliphatic heterocycles. The number of ether oxygens (including phenoxy) is 1. The molecule has 0 atom stereocenters. The van der Waals surface area contributed by atoms with Crippen molar-refractivity contribution in [2.75, 3.05) is 13.2 Å². The molecule has 0 saturated heterocycles. The minimum atomic E-state index is 0.731. The molecule has 18 heavy (non-hydrogen) atoms. The van der Waals surface area contributed by atoms with Crippen LogP contribution in [0.25, 0.3) is 0 Å². The molecule has 0 aromatic heterocycles. The highest BCUT2D eigenvalue weighted by Crippen LogP contribution is 2.22. The Bertz CT molecular complexity index is 394. The molecule has 1 saturated carbocycles. The van der Waals surface area contributed by atoms with E-state index in [0.29, 0.717) is 0 Å². The molecule has 1 fully saturated rings. The van der Waals surface area contributed by atoms with Crippen LogP contribution in [-0.4, -0.2) is 19.2 Å². The standard InChI is InChI=1S/C16H25NO/c1-12-10-14(3)16(11-13(12)2)18-9-8-17-15-6-4-5-7-15/h10-11,15,17H,4-9H2,1-3H3. The van der Waals surface area contributed by atoms with Gasteiger partial charge in [-0.05, 0) is 56.4 Å². The molecule has 0 amide bonds. The van der Waals surface area contributed by atoms with E-state index in [1.54, 1.807) is 0 Å². The summed E-state index contributed by atoms with van der Waals surface area (Å²) in [5.41, 5.74) is 3.88. The summed E-state index contributed by atoms with van der Waals surface area (Å²) in [5.74, 6) is 1.03. The number of hydrogen-bond acceptors (Lipinski definition) is 2. The zero-order valence-electron chi connectivity index (χ0n) is 11.9. The molecule has 0 spiro atoms. The van der Waals surface area contributed by atoms with E-state index in [1.165, 1.54) is 42.4 Å². The Kier molecular flexibility index (Phi) is 4.65. The van der Waals surface area contributed by atoms with Crippen LogP contribution in [0.2, 0.25) is 0 Å². The second-order valence-corrected chi connectivity index (χ2v) is 5.49. The summed E-state index contributed by atoms with van der Waals surface area (Å²) < 4.78 is 5.87. The van der Waals surface area contributed by atoms with E-state index >= 15 is 0 Å². The lowest BCUT2D eigenvalue weighted by Crippen LogP contribution is -2.30. The third-order valence-corrected chi connectivity index (χ3v) is 3.94. The Morgan fingerprint density at radius 2 is 1.72 bits per heavy atom. The van der Waals surface area contributed by atoms with E-state index in [9.17, 15) is 0 Å². The van der Waals surface area contributed by atoms with E-state index in [-0.39, 0.29) is 0 Å². The minimum absolute atomic E-state index is 0.731. The molecule has 1 N–H and O–H groups in total. The van der Waals surface area contributed by atoms with Crippen molar-refractivity contribution in [1.29, 1.82) is 0 Å². The molecule has 0 radical (unpaired) electrons. The second-order valence-electron chi connectivity index (χ2n) is 5.49. The fourth-order valence-electron chi connectivity index (χ4n) is 2.64. The lowest BCUT2D eigenvalue weighted by atomic mass is 10.1. The summed E-state index contributed by atoms with van der Waals surface area (Å²) in [6, 6.07) is 5.09. The highest BCUT2D eigenvalue weighted by molar-refractivity contribution is 5.40. The van der Waals surface area contributed by atoms with Gasteiger partial charge in [0.25, 0.3) is 0 Å². The summed E-state index contributed by atoms with van der Waals surface area (Å²) in [6.07, 6.45) is 5.44. The van der Waals surface area contributed by atoms with Gasteiger partial charge in [-0.3, -0.25) is 0 Å². The van der Waals surface area contributed by atoms with Crippen molar-refractivity contribution in [3.05, 3.63) is 28.8 Å². The first-order valence-electron chi connectivity index (χ1n) is 7.11. The van der Waals surface area contributed by atoms with Gasteiger partial charge in [0.15, 0.2) is 0 Å². The molecule has 1 aliphatic rings. The first-order valence-corrected chi connectivity index (χ1v) is 7.11. The maximum atomic E-state index is 5.87. The predicted molar refractivity (Wildman–Crippen MR) is 76.4 cm³/mol. The first kappa shape index (κ1) is 13.4. The van der Waals surface area contributed by atoms with Gasteiger partial charge in [-0.2, -0.15) is 0 Å². The normalized spacial score (nSPS) is 16.2. The van der Waals surface area contributed by atoms with Crippen molar-refractivity contribution >= 4 is 0 Å². The maximum absolute atomic E-state index is 5.87. The molecule has 2 rings (SSSR count). The van der Waals surface area contributed by atoms with Gasteiger partial charge in [0, 0.05) is 12.6 Å². The van der Waals surface area contributed by atoms with Gasteiger partial charge in [0.1, 0.15) is 12.4 Å². The zero-order valence-corrected chi connectivity index (χ0v) is 11.9. The SMILES string of the molecule is Cc1cc(C)c(OCCNC2CCCC2)cc1C. The van der Waals surface area contributed by atoms with Gasteiger partial charge < -0.3 is 10.1 Å². The Morgan fingerprint density at radius 3 is 2.44 bits per heavy atom. The van der Waals surface area contributed by atoms with Crippen LogP contribution >= 0.6 is 0 Å². The molecule has 0 bridgehead atoms. The largest absolute Gasteiger partial charge is 0.492 e. The van der Waals surface area contributed by atoms with E-state index < -0.39 is 0 Å². The molecular formula is C16H25NO. The van der Waals surface area contributed by atoms with Crippen LogP contribution < -0.4 is 10.1 Å². The summed E-state index contributed by atoms with van der Waals surface area (Å²) in [4.78, 5) is 0. The smallest absolute Gasteiger partial charge is 0.122 e. The number of nitrogens with one attached hydrogen (secondary N) is 1. The van der Waals surface area contributed by atoms with Crippen LogP contribution in [0.3, 0.4) is 0 Å². The third kappa shape index (κ3) is 3.49. The summed E-state index contributed by atoms with van der Waals surface area (Å²) in [7, 11) is 0. The average molecular weight is 247 g/mol. The first-order chi connectivity index (χ1) is 8.66. The number of aryl methyl sites for hydroxylation is 3. The second kappa shape index (κ2) is 6.24. The van der Waals surface area contributed by atoms with Gasteiger partial charge >= 0.3 is 0 Å². The van der Waals surface area contributed by atoms with Crippen LogP contribution in [-0.2, 0) is 0 Å². The Balaban J connectivity index is 1.77. The van der Waals surface area contributed by atoms with Crippen molar-refractivity contribution in [2.24, 2.45) is 0 Å². The van der Waals surface area contributed by atoms with E-state index in [1.807, 2.05) is 0 Å². The van der Waals surface area contributed by atoms with Crippen LogP contribution in [0.4, 0.5) is 0 Å². The molecule has 2 nitrogen and oxygen atoms in total. The van der Waals surface area contributed by atoms with Crippen molar-refractivity contribution in [1.82, 2.24) is 5.32 Å². The monoisotopic (exact) mass is 247 g/mol. The number of rotatable bonds is 5. The van der Waals surface area contributed by atoms with Crippen molar-refractivity contribution in [3.63, 3.8) is 0 Å². The molecule has 0 unspecified atom stereocenters. The lowest BCUT2D eigenvalue weighted by Gasteiger charge is -2.14. The van der Waals surface area contributed by atoms with Crippen LogP contribution in [0.1, 0.15) is 42.4 Å². The fourth-order valence-corrected chi connectivity index (χ4v) is 2.64. The van der Waals surface area contributed by atoms with Crippen LogP contribution in [0, 0.1) is 20.8 Å². The summed E-state index contributed by atoms with van der Waals surface area (Å²) in [5, 5.41) is 3.57. The Morgan fingerprint density at radius 1 is 1.06 bits per heavy atom. The van der Waals surface area contributed by atoms with Gasteiger partial charge in [0.2, 0.25) is 0 Å². The molecule has 1 aromatic rings. The molecule has 1 aromatic carbocycles. The molecule has 2 heteroatoms. The zero-order chi connectivity index (χ0) is 13.0. The van der Waals surface area contributed by atoms with E-state index in [4.69, 9.17) is 4.74 Å². The number of benzene rings is 1. The summed E-state index contributed by atoms with van der Waals surface area (Å²) >= 11 is 0. The minimum Gasteiger partial charge on any atom is -0.492 e. The van der Waals surface area contributed by atoms with Crippen molar-refractivity contribution in [2.45, 2.75) is 52.5 Å².